The van der Waals surface area contributed by atoms with Gasteiger partial charge in [0.25, 0.3) is 0 Å². The molecule has 6 rings (SSSR count). The summed E-state index contributed by atoms with van der Waals surface area (Å²) in [4.78, 5) is 26.3. The lowest BCUT2D eigenvalue weighted by Gasteiger charge is -2.07. The van der Waals surface area contributed by atoms with Crippen LogP contribution in [0.1, 0.15) is 20.7 Å². The van der Waals surface area contributed by atoms with Gasteiger partial charge in [0, 0.05) is 46.7 Å². The molecule has 0 N–H and O–H groups in total. The first-order chi connectivity index (χ1) is 16.6. The lowest BCUT2D eigenvalue weighted by atomic mass is 9.99. The zero-order valence-corrected chi connectivity index (χ0v) is 18.6. The van der Waals surface area contributed by atoms with Gasteiger partial charge in [-0.1, -0.05) is 48.5 Å². The fourth-order valence-corrected chi connectivity index (χ4v) is 4.90. The third kappa shape index (κ3) is 2.75. The van der Waals surface area contributed by atoms with Crippen molar-refractivity contribution in [3.8, 4) is 11.1 Å². The highest BCUT2D eigenvalue weighted by molar-refractivity contribution is 6.17. The predicted octanol–water partition coefficient (Wildman–Crippen LogP) is 5.74. The van der Waals surface area contributed by atoms with Crippen molar-refractivity contribution in [2.24, 2.45) is 0 Å². The molecule has 6 aromatic rings. The molecule has 0 radical (unpaired) electrons. The Morgan fingerprint density at radius 1 is 0.618 bits per heavy atom. The standard InChI is InChI=1S/C28H20N2O4/c1-33-27(31)23-21(15-29-13-11-17-7-3-5-9-19(17)25(23)29)22-16-30-14-12-18-8-4-6-10-20(18)26(30)24(22)28(32)34-2/h3-16H,1-2H3. The third-order valence-corrected chi connectivity index (χ3v) is 6.40. The van der Waals surface area contributed by atoms with Gasteiger partial charge in [-0.2, -0.15) is 0 Å². The quantitative estimate of drug-likeness (QED) is 0.324. The summed E-state index contributed by atoms with van der Waals surface area (Å²) in [6, 6.07) is 19.8. The maximum absolute atomic E-state index is 13.1. The van der Waals surface area contributed by atoms with Crippen molar-refractivity contribution in [2.45, 2.75) is 0 Å². The Morgan fingerprint density at radius 2 is 1.03 bits per heavy atom. The molecule has 0 fully saturated rings. The number of aromatic nitrogens is 2. The van der Waals surface area contributed by atoms with E-state index in [9.17, 15) is 9.59 Å². The average molecular weight is 448 g/mol. The third-order valence-electron chi connectivity index (χ3n) is 6.40. The minimum atomic E-state index is -0.468. The molecule has 0 saturated carbocycles. The number of nitrogens with zero attached hydrogens (tertiary/aromatic N) is 2. The van der Waals surface area contributed by atoms with Crippen LogP contribution in [-0.2, 0) is 9.47 Å². The Bertz CT molecular complexity index is 1640. The first-order valence-corrected chi connectivity index (χ1v) is 10.8. The van der Waals surface area contributed by atoms with Crippen LogP contribution >= 0.6 is 0 Å². The topological polar surface area (TPSA) is 61.4 Å². The van der Waals surface area contributed by atoms with Crippen LogP contribution in [0.4, 0.5) is 0 Å². The molecule has 0 aliphatic carbocycles. The zero-order chi connectivity index (χ0) is 23.4. The molecule has 6 heteroatoms. The average Bonchev–Trinajstić information content (AvgIpc) is 3.47. The number of fused-ring (bicyclic) bond motifs is 6. The number of hydrogen-bond acceptors (Lipinski definition) is 4. The number of pyridine rings is 2. The maximum Gasteiger partial charge on any atom is 0.340 e. The Hall–Kier alpha value is -4.58. The monoisotopic (exact) mass is 448 g/mol. The maximum atomic E-state index is 13.1. The molecular weight excluding hydrogens is 428 g/mol. The molecule has 0 atom stereocenters. The molecule has 0 spiro atoms. The minimum Gasteiger partial charge on any atom is -0.465 e. The van der Waals surface area contributed by atoms with Gasteiger partial charge in [0.05, 0.1) is 36.4 Å². The van der Waals surface area contributed by atoms with E-state index in [0.29, 0.717) is 22.3 Å². The van der Waals surface area contributed by atoms with E-state index in [0.717, 1.165) is 32.6 Å². The predicted molar refractivity (Wildman–Crippen MR) is 131 cm³/mol. The van der Waals surface area contributed by atoms with Crippen LogP contribution < -0.4 is 0 Å². The highest BCUT2D eigenvalue weighted by Crippen LogP contribution is 2.39. The summed E-state index contributed by atoms with van der Waals surface area (Å²) in [5.41, 5.74) is 3.49. The highest BCUT2D eigenvalue weighted by atomic mass is 16.5. The summed E-state index contributed by atoms with van der Waals surface area (Å²) in [5, 5.41) is 3.85. The molecule has 2 aromatic carbocycles. The van der Waals surface area contributed by atoms with E-state index in [2.05, 4.69) is 0 Å². The molecule has 0 amide bonds. The van der Waals surface area contributed by atoms with Crippen LogP contribution in [-0.4, -0.2) is 35.0 Å². The van der Waals surface area contributed by atoms with E-state index in [-0.39, 0.29) is 0 Å². The Kier molecular flexibility index (Phi) is 4.42. The summed E-state index contributed by atoms with van der Waals surface area (Å²) >= 11 is 0. The van der Waals surface area contributed by atoms with Crippen LogP contribution in [0.5, 0.6) is 0 Å². The van der Waals surface area contributed by atoms with Crippen LogP contribution in [0.3, 0.4) is 0 Å². The lowest BCUT2D eigenvalue weighted by Crippen LogP contribution is -2.05. The van der Waals surface area contributed by atoms with Crippen molar-refractivity contribution in [3.05, 3.63) is 96.6 Å². The molecule has 4 heterocycles. The summed E-state index contributed by atoms with van der Waals surface area (Å²) in [5.74, 6) is -0.936. The molecule has 0 saturated heterocycles. The van der Waals surface area contributed by atoms with E-state index in [4.69, 9.17) is 9.47 Å². The van der Waals surface area contributed by atoms with Gasteiger partial charge in [0.15, 0.2) is 0 Å². The van der Waals surface area contributed by atoms with E-state index in [1.165, 1.54) is 14.2 Å². The molecular formula is C28H20N2O4. The van der Waals surface area contributed by atoms with Gasteiger partial charge < -0.3 is 18.3 Å². The van der Waals surface area contributed by atoms with Gasteiger partial charge >= 0.3 is 11.9 Å². The van der Waals surface area contributed by atoms with Crippen LogP contribution in [0, 0.1) is 0 Å². The number of esters is 2. The first kappa shape index (κ1) is 20.1. The van der Waals surface area contributed by atoms with Crippen molar-refractivity contribution < 1.29 is 19.1 Å². The number of hydrogen-bond donors (Lipinski definition) is 0. The van der Waals surface area contributed by atoms with Crippen molar-refractivity contribution >= 4 is 44.5 Å². The zero-order valence-electron chi connectivity index (χ0n) is 18.6. The second-order valence-corrected chi connectivity index (χ2v) is 8.14. The van der Waals surface area contributed by atoms with E-state index in [1.54, 1.807) is 0 Å². The number of methoxy groups -OCH3 is 2. The summed E-state index contributed by atoms with van der Waals surface area (Å²) in [6.07, 6.45) is 7.57. The fourth-order valence-electron chi connectivity index (χ4n) is 4.90. The summed E-state index contributed by atoms with van der Waals surface area (Å²) < 4.78 is 14.2. The fraction of sp³-hybridized carbons (Fsp3) is 0.0714. The van der Waals surface area contributed by atoms with Gasteiger partial charge in [-0.25, -0.2) is 9.59 Å². The van der Waals surface area contributed by atoms with Gasteiger partial charge in [0.1, 0.15) is 0 Å². The largest absolute Gasteiger partial charge is 0.465 e. The molecule has 0 aliphatic heterocycles. The normalized spacial score (nSPS) is 11.5. The highest BCUT2D eigenvalue weighted by Gasteiger charge is 2.28. The Labute approximate surface area is 194 Å². The number of carbonyl (C=O) groups excluding carboxylic acids is 2. The van der Waals surface area contributed by atoms with E-state index >= 15 is 0 Å². The molecule has 0 bridgehead atoms. The molecule has 166 valence electrons. The van der Waals surface area contributed by atoms with Gasteiger partial charge in [-0.05, 0) is 22.9 Å². The SMILES string of the molecule is COC(=O)c1c(-c2cn3ccc4ccccc4c3c2C(=O)OC)cn2ccc3ccccc3c12. The van der Waals surface area contributed by atoms with E-state index < -0.39 is 11.9 Å². The Balaban J connectivity index is 1.79. The van der Waals surface area contributed by atoms with Gasteiger partial charge in [0.2, 0.25) is 0 Å². The molecule has 0 unspecified atom stereocenters. The van der Waals surface area contributed by atoms with Crippen molar-refractivity contribution in [1.82, 2.24) is 8.80 Å². The second kappa shape index (κ2) is 7.49. The summed E-state index contributed by atoms with van der Waals surface area (Å²) in [6.45, 7) is 0. The van der Waals surface area contributed by atoms with Gasteiger partial charge in [-0.15, -0.1) is 0 Å². The molecule has 34 heavy (non-hydrogen) atoms. The molecule has 6 nitrogen and oxygen atoms in total. The van der Waals surface area contributed by atoms with Crippen LogP contribution in [0.15, 0.2) is 85.5 Å². The number of rotatable bonds is 3. The Morgan fingerprint density at radius 3 is 1.44 bits per heavy atom. The van der Waals surface area contributed by atoms with E-state index in [1.807, 2.05) is 94.3 Å². The van der Waals surface area contributed by atoms with Crippen molar-refractivity contribution in [3.63, 3.8) is 0 Å². The smallest absolute Gasteiger partial charge is 0.340 e. The summed E-state index contributed by atoms with van der Waals surface area (Å²) in [7, 11) is 2.73. The van der Waals surface area contributed by atoms with Crippen molar-refractivity contribution in [1.29, 1.82) is 0 Å². The number of benzene rings is 2. The first-order valence-electron chi connectivity index (χ1n) is 10.8. The molecule has 4 aromatic heterocycles. The van der Waals surface area contributed by atoms with Crippen LogP contribution in [0.25, 0.3) is 43.7 Å². The van der Waals surface area contributed by atoms with Crippen molar-refractivity contribution in [2.75, 3.05) is 14.2 Å². The lowest BCUT2D eigenvalue weighted by molar-refractivity contribution is 0.0592. The minimum absolute atomic E-state index is 0.407. The van der Waals surface area contributed by atoms with Gasteiger partial charge in [-0.3, -0.25) is 0 Å². The number of ether oxygens (including phenoxy) is 2. The second-order valence-electron chi connectivity index (χ2n) is 8.14. The molecule has 0 aliphatic rings. The van der Waals surface area contributed by atoms with Crippen LogP contribution in [0.2, 0.25) is 0 Å². The number of carbonyl (C=O) groups is 2.